The van der Waals surface area contributed by atoms with E-state index in [0.29, 0.717) is 13.2 Å². The third kappa shape index (κ3) is 3.71. The SMILES string of the molecule is CCOc1ccccc1C(CC)NC(=O)N1CCCC1CO. The topological polar surface area (TPSA) is 61.8 Å². The van der Waals surface area contributed by atoms with Crippen LogP contribution in [0.15, 0.2) is 24.3 Å². The zero-order valence-corrected chi connectivity index (χ0v) is 13.4. The van der Waals surface area contributed by atoms with Gasteiger partial charge in [-0.2, -0.15) is 0 Å². The lowest BCUT2D eigenvalue weighted by atomic mass is 10.0. The highest BCUT2D eigenvalue weighted by Gasteiger charge is 2.29. The molecule has 1 fully saturated rings. The van der Waals surface area contributed by atoms with Gasteiger partial charge >= 0.3 is 6.03 Å². The average Bonchev–Trinajstić information content (AvgIpc) is 3.02. The molecular weight excluding hydrogens is 280 g/mol. The first-order valence-corrected chi connectivity index (χ1v) is 8.10. The smallest absolute Gasteiger partial charge is 0.318 e. The first-order valence-electron chi connectivity index (χ1n) is 8.10. The Morgan fingerprint density at radius 2 is 2.23 bits per heavy atom. The van der Waals surface area contributed by atoms with E-state index in [4.69, 9.17) is 4.74 Å². The Bertz CT molecular complexity index is 493. The maximum Gasteiger partial charge on any atom is 0.318 e. The zero-order valence-electron chi connectivity index (χ0n) is 13.4. The molecule has 0 spiro atoms. The van der Waals surface area contributed by atoms with E-state index in [0.717, 1.165) is 30.6 Å². The molecule has 0 radical (unpaired) electrons. The van der Waals surface area contributed by atoms with Gasteiger partial charge < -0.3 is 20.1 Å². The molecule has 1 heterocycles. The minimum atomic E-state index is -0.102. The van der Waals surface area contributed by atoms with E-state index in [9.17, 15) is 9.90 Å². The van der Waals surface area contributed by atoms with Crippen LogP contribution >= 0.6 is 0 Å². The highest BCUT2D eigenvalue weighted by Crippen LogP contribution is 2.28. The summed E-state index contributed by atoms with van der Waals surface area (Å²) in [5, 5.41) is 12.5. The van der Waals surface area contributed by atoms with Gasteiger partial charge in [0.15, 0.2) is 0 Å². The van der Waals surface area contributed by atoms with E-state index in [1.54, 1.807) is 4.90 Å². The summed E-state index contributed by atoms with van der Waals surface area (Å²) >= 11 is 0. The summed E-state index contributed by atoms with van der Waals surface area (Å²) < 4.78 is 5.66. The molecule has 1 aromatic rings. The van der Waals surface area contributed by atoms with Crippen molar-refractivity contribution >= 4 is 6.03 Å². The van der Waals surface area contributed by atoms with Crippen molar-refractivity contribution < 1.29 is 14.6 Å². The molecule has 5 nitrogen and oxygen atoms in total. The number of likely N-dealkylation sites (tertiary alicyclic amines) is 1. The van der Waals surface area contributed by atoms with E-state index in [1.807, 2.05) is 38.1 Å². The average molecular weight is 306 g/mol. The molecule has 1 saturated heterocycles. The number of nitrogens with one attached hydrogen (secondary N) is 1. The monoisotopic (exact) mass is 306 g/mol. The Balaban J connectivity index is 2.10. The van der Waals surface area contributed by atoms with Gasteiger partial charge in [-0.15, -0.1) is 0 Å². The van der Waals surface area contributed by atoms with Crippen LogP contribution in [-0.2, 0) is 0 Å². The molecule has 0 aromatic heterocycles. The third-order valence-electron chi connectivity index (χ3n) is 4.15. The van der Waals surface area contributed by atoms with Gasteiger partial charge in [0.05, 0.1) is 25.3 Å². The van der Waals surface area contributed by atoms with Crippen molar-refractivity contribution in [3.8, 4) is 5.75 Å². The first-order chi connectivity index (χ1) is 10.7. The van der Waals surface area contributed by atoms with Crippen molar-refractivity contribution in [3.63, 3.8) is 0 Å². The molecule has 2 amide bonds. The maximum atomic E-state index is 12.5. The maximum absolute atomic E-state index is 12.5. The molecule has 2 unspecified atom stereocenters. The molecule has 2 atom stereocenters. The lowest BCUT2D eigenvalue weighted by molar-refractivity contribution is 0.154. The predicted molar refractivity (Wildman–Crippen MR) is 86.0 cm³/mol. The number of carbonyl (C=O) groups excluding carboxylic acids is 1. The summed E-state index contributed by atoms with van der Waals surface area (Å²) in [4.78, 5) is 14.2. The standard InChI is InChI=1S/C17H26N2O3/c1-3-15(14-9-5-6-10-16(14)22-4-2)18-17(21)19-11-7-8-13(19)12-20/h5-6,9-10,13,15,20H,3-4,7-8,11-12H2,1-2H3,(H,18,21). The number of benzene rings is 1. The minimum Gasteiger partial charge on any atom is -0.494 e. The lowest BCUT2D eigenvalue weighted by Crippen LogP contribution is -2.45. The molecule has 2 rings (SSSR count). The van der Waals surface area contributed by atoms with Crippen LogP contribution in [0.5, 0.6) is 5.75 Å². The van der Waals surface area contributed by atoms with Crippen molar-refractivity contribution in [1.29, 1.82) is 0 Å². The molecule has 0 aliphatic carbocycles. The highest BCUT2D eigenvalue weighted by atomic mass is 16.5. The van der Waals surface area contributed by atoms with E-state index in [2.05, 4.69) is 5.32 Å². The molecular formula is C17H26N2O3. The summed E-state index contributed by atoms with van der Waals surface area (Å²) in [6.07, 6.45) is 2.61. The first kappa shape index (κ1) is 16.6. The van der Waals surface area contributed by atoms with Crippen LogP contribution in [0.2, 0.25) is 0 Å². The van der Waals surface area contributed by atoms with Gasteiger partial charge in [0, 0.05) is 12.1 Å². The number of rotatable bonds is 6. The number of hydrogen-bond donors (Lipinski definition) is 2. The third-order valence-corrected chi connectivity index (χ3v) is 4.15. The number of hydrogen-bond acceptors (Lipinski definition) is 3. The number of amides is 2. The van der Waals surface area contributed by atoms with Crippen LogP contribution in [-0.4, -0.2) is 41.8 Å². The Labute approximate surface area is 132 Å². The number of para-hydroxylation sites is 1. The highest BCUT2D eigenvalue weighted by molar-refractivity contribution is 5.75. The molecule has 2 N–H and O–H groups in total. The van der Waals surface area contributed by atoms with E-state index in [1.165, 1.54) is 0 Å². The Morgan fingerprint density at radius 3 is 2.91 bits per heavy atom. The van der Waals surface area contributed by atoms with Crippen molar-refractivity contribution in [2.45, 2.75) is 45.2 Å². The normalized spacial score (nSPS) is 19.0. The molecule has 5 heteroatoms. The van der Waals surface area contributed by atoms with E-state index >= 15 is 0 Å². The van der Waals surface area contributed by atoms with Gasteiger partial charge in [-0.05, 0) is 32.3 Å². The molecule has 122 valence electrons. The minimum absolute atomic E-state index is 0.0275. The van der Waals surface area contributed by atoms with Crippen molar-refractivity contribution in [3.05, 3.63) is 29.8 Å². The van der Waals surface area contributed by atoms with Gasteiger partial charge in [0.1, 0.15) is 5.75 Å². The molecule has 1 aromatic carbocycles. The van der Waals surface area contributed by atoms with E-state index < -0.39 is 0 Å². The summed E-state index contributed by atoms with van der Waals surface area (Å²) in [7, 11) is 0. The fraction of sp³-hybridized carbons (Fsp3) is 0.588. The fourth-order valence-electron chi connectivity index (χ4n) is 2.98. The number of urea groups is 1. The largest absolute Gasteiger partial charge is 0.494 e. The Hall–Kier alpha value is -1.75. The second kappa shape index (κ2) is 8.03. The van der Waals surface area contributed by atoms with Crippen LogP contribution < -0.4 is 10.1 Å². The number of aliphatic hydroxyl groups excluding tert-OH is 1. The van der Waals surface area contributed by atoms with Crippen LogP contribution in [0.4, 0.5) is 4.79 Å². The van der Waals surface area contributed by atoms with Gasteiger partial charge in [-0.25, -0.2) is 4.79 Å². The van der Waals surface area contributed by atoms with Crippen molar-refractivity contribution in [2.75, 3.05) is 19.8 Å². The second-order valence-corrected chi connectivity index (χ2v) is 5.55. The molecule has 22 heavy (non-hydrogen) atoms. The second-order valence-electron chi connectivity index (χ2n) is 5.55. The summed E-state index contributed by atoms with van der Waals surface area (Å²) in [6.45, 7) is 5.33. The number of carbonyl (C=O) groups is 1. The van der Waals surface area contributed by atoms with Crippen LogP contribution in [0.1, 0.15) is 44.7 Å². The number of ether oxygens (including phenoxy) is 1. The van der Waals surface area contributed by atoms with Gasteiger partial charge in [-0.1, -0.05) is 25.1 Å². The summed E-state index contributed by atoms with van der Waals surface area (Å²) in [6, 6.07) is 7.57. The van der Waals surface area contributed by atoms with E-state index in [-0.39, 0.29) is 24.7 Å². The zero-order chi connectivity index (χ0) is 15.9. The molecule has 0 bridgehead atoms. The van der Waals surface area contributed by atoms with Gasteiger partial charge in [0.25, 0.3) is 0 Å². The number of aliphatic hydroxyl groups is 1. The van der Waals surface area contributed by atoms with Crippen LogP contribution in [0, 0.1) is 0 Å². The predicted octanol–water partition coefficient (Wildman–Crippen LogP) is 2.70. The molecule has 0 saturated carbocycles. The van der Waals surface area contributed by atoms with Gasteiger partial charge in [-0.3, -0.25) is 0 Å². The quantitative estimate of drug-likeness (QED) is 0.849. The summed E-state index contributed by atoms with van der Waals surface area (Å²) in [5.41, 5.74) is 1.000. The van der Waals surface area contributed by atoms with Crippen molar-refractivity contribution in [1.82, 2.24) is 10.2 Å². The fourth-order valence-corrected chi connectivity index (χ4v) is 2.98. The summed E-state index contributed by atoms with van der Waals surface area (Å²) in [5.74, 6) is 0.817. The van der Waals surface area contributed by atoms with Gasteiger partial charge in [0.2, 0.25) is 0 Å². The molecule has 1 aliphatic heterocycles. The number of nitrogens with zero attached hydrogens (tertiary/aromatic N) is 1. The van der Waals surface area contributed by atoms with Crippen LogP contribution in [0.25, 0.3) is 0 Å². The van der Waals surface area contributed by atoms with Crippen LogP contribution in [0.3, 0.4) is 0 Å². The molecule has 1 aliphatic rings. The van der Waals surface area contributed by atoms with Crippen molar-refractivity contribution in [2.24, 2.45) is 0 Å². The Kier molecular flexibility index (Phi) is 6.07. The lowest BCUT2D eigenvalue weighted by Gasteiger charge is -2.27. The Morgan fingerprint density at radius 1 is 1.45 bits per heavy atom.